The van der Waals surface area contributed by atoms with E-state index < -0.39 is 8.80 Å². The lowest BCUT2D eigenvalue weighted by atomic mass is 10.2. The minimum Gasteiger partial charge on any atom is -0.399 e. The third kappa shape index (κ3) is 3.03. The van der Waals surface area contributed by atoms with Crippen LogP contribution in [0.5, 0.6) is 0 Å². The van der Waals surface area contributed by atoms with Gasteiger partial charge >= 0.3 is 8.80 Å². The minimum absolute atomic E-state index is 0.627. The van der Waals surface area contributed by atoms with Crippen molar-refractivity contribution >= 4 is 14.5 Å². The number of nitrogens with two attached hydrogens (primary N) is 1. The largest absolute Gasteiger partial charge is 0.504 e. The standard InChI is InChI=1S/C10H17NO3Si/c1-12-15(13-2,14-3)8-9-5-4-6-10(11)7-9/h4-7H,8,11H2,1-3H3. The van der Waals surface area contributed by atoms with Gasteiger partial charge in [0.25, 0.3) is 0 Å². The molecule has 1 aromatic rings. The van der Waals surface area contributed by atoms with Crippen molar-refractivity contribution < 1.29 is 13.3 Å². The summed E-state index contributed by atoms with van der Waals surface area (Å²) in [5, 5.41) is 0. The lowest BCUT2D eigenvalue weighted by Gasteiger charge is -2.24. The molecule has 4 nitrogen and oxygen atoms in total. The zero-order valence-electron chi connectivity index (χ0n) is 9.32. The van der Waals surface area contributed by atoms with Gasteiger partial charge in [0.15, 0.2) is 0 Å². The molecule has 0 bridgehead atoms. The summed E-state index contributed by atoms with van der Waals surface area (Å²) in [6, 6.07) is 8.26. The predicted molar refractivity (Wildman–Crippen MR) is 61.3 cm³/mol. The molecule has 0 amide bonds. The van der Waals surface area contributed by atoms with Crippen molar-refractivity contribution in [1.29, 1.82) is 0 Å². The average Bonchev–Trinajstić information content (AvgIpc) is 2.26. The predicted octanol–water partition coefficient (Wildman–Crippen LogP) is 1.23. The first-order valence-electron chi connectivity index (χ1n) is 4.65. The topological polar surface area (TPSA) is 53.7 Å². The van der Waals surface area contributed by atoms with Crippen LogP contribution in [0.15, 0.2) is 24.3 Å². The Morgan fingerprint density at radius 3 is 2.20 bits per heavy atom. The average molecular weight is 227 g/mol. The van der Waals surface area contributed by atoms with Gasteiger partial charge in [0.1, 0.15) is 0 Å². The highest BCUT2D eigenvalue weighted by Gasteiger charge is 2.37. The maximum absolute atomic E-state index is 5.69. The maximum Gasteiger partial charge on any atom is 0.504 e. The molecule has 0 spiro atoms. The Morgan fingerprint density at radius 1 is 1.13 bits per heavy atom. The summed E-state index contributed by atoms with van der Waals surface area (Å²) in [6.07, 6.45) is 0. The van der Waals surface area contributed by atoms with Gasteiger partial charge in [-0.1, -0.05) is 12.1 Å². The molecular formula is C10H17NO3Si. The van der Waals surface area contributed by atoms with Crippen LogP contribution in [-0.4, -0.2) is 30.1 Å². The number of benzene rings is 1. The molecule has 0 aliphatic heterocycles. The number of rotatable bonds is 5. The summed E-state index contributed by atoms with van der Waals surface area (Å²) >= 11 is 0. The van der Waals surface area contributed by atoms with Gasteiger partial charge in [0, 0.05) is 33.1 Å². The van der Waals surface area contributed by atoms with Crippen LogP contribution >= 0.6 is 0 Å². The number of nitrogen functional groups attached to an aromatic ring is 1. The lowest BCUT2D eigenvalue weighted by Crippen LogP contribution is -2.45. The number of anilines is 1. The molecule has 0 heterocycles. The van der Waals surface area contributed by atoms with Crippen LogP contribution < -0.4 is 5.73 Å². The fourth-order valence-electron chi connectivity index (χ4n) is 1.42. The minimum atomic E-state index is -2.54. The SMILES string of the molecule is CO[Si](Cc1cccc(N)c1)(OC)OC. The van der Waals surface area contributed by atoms with Gasteiger partial charge in [-0.25, -0.2) is 0 Å². The summed E-state index contributed by atoms with van der Waals surface area (Å²) in [7, 11) is 2.27. The van der Waals surface area contributed by atoms with Gasteiger partial charge in [-0.15, -0.1) is 0 Å². The summed E-state index contributed by atoms with van der Waals surface area (Å²) in [4.78, 5) is 0. The van der Waals surface area contributed by atoms with Crippen molar-refractivity contribution in [2.45, 2.75) is 6.04 Å². The molecule has 0 unspecified atom stereocenters. The van der Waals surface area contributed by atoms with E-state index in [0.29, 0.717) is 6.04 Å². The molecule has 2 N–H and O–H groups in total. The van der Waals surface area contributed by atoms with Crippen molar-refractivity contribution in [3.05, 3.63) is 29.8 Å². The third-order valence-corrected chi connectivity index (χ3v) is 5.01. The fraction of sp³-hybridized carbons (Fsp3) is 0.400. The maximum atomic E-state index is 5.69. The molecule has 0 aliphatic carbocycles. The second kappa shape index (κ2) is 5.27. The van der Waals surface area contributed by atoms with Gasteiger partial charge < -0.3 is 19.0 Å². The normalized spacial score (nSPS) is 11.7. The molecule has 0 saturated heterocycles. The molecular weight excluding hydrogens is 210 g/mol. The summed E-state index contributed by atoms with van der Waals surface area (Å²) in [6.45, 7) is 0. The molecule has 0 aliphatic rings. The van der Waals surface area contributed by atoms with E-state index in [1.54, 1.807) is 21.3 Å². The smallest absolute Gasteiger partial charge is 0.399 e. The van der Waals surface area contributed by atoms with Crippen LogP contribution in [0.2, 0.25) is 0 Å². The van der Waals surface area contributed by atoms with Crippen molar-refractivity contribution in [3.63, 3.8) is 0 Å². The first-order chi connectivity index (χ1) is 7.15. The zero-order chi connectivity index (χ0) is 11.3. The Kier molecular flexibility index (Phi) is 4.28. The quantitative estimate of drug-likeness (QED) is 0.607. The van der Waals surface area contributed by atoms with E-state index in [1.807, 2.05) is 24.3 Å². The third-order valence-electron chi connectivity index (χ3n) is 2.30. The van der Waals surface area contributed by atoms with Gasteiger partial charge in [-0.2, -0.15) is 0 Å². The van der Waals surface area contributed by atoms with Crippen LogP contribution in [0.4, 0.5) is 5.69 Å². The zero-order valence-corrected chi connectivity index (χ0v) is 10.3. The molecule has 0 atom stereocenters. The molecule has 0 radical (unpaired) electrons. The van der Waals surface area contributed by atoms with E-state index in [-0.39, 0.29) is 0 Å². The van der Waals surface area contributed by atoms with E-state index in [2.05, 4.69) is 0 Å². The molecule has 0 fully saturated rings. The van der Waals surface area contributed by atoms with Gasteiger partial charge in [0.05, 0.1) is 0 Å². The highest BCUT2D eigenvalue weighted by atomic mass is 28.4. The molecule has 5 heteroatoms. The molecule has 1 aromatic carbocycles. The Morgan fingerprint density at radius 2 is 1.73 bits per heavy atom. The van der Waals surface area contributed by atoms with E-state index in [9.17, 15) is 0 Å². The van der Waals surface area contributed by atoms with Crippen LogP contribution in [0.1, 0.15) is 5.56 Å². The monoisotopic (exact) mass is 227 g/mol. The van der Waals surface area contributed by atoms with E-state index in [4.69, 9.17) is 19.0 Å². The number of hydrogen-bond acceptors (Lipinski definition) is 4. The van der Waals surface area contributed by atoms with Crippen LogP contribution in [0.25, 0.3) is 0 Å². The summed E-state index contributed by atoms with van der Waals surface area (Å²) in [5.41, 5.74) is 7.49. The van der Waals surface area contributed by atoms with Crippen LogP contribution in [0.3, 0.4) is 0 Å². The van der Waals surface area contributed by atoms with Crippen LogP contribution in [0, 0.1) is 0 Å². The van der Waals surface area contributed by atoms with Crippen molar-refractivity contribution in [3.8, 4) is 0 Å². The number of hydrogen-bond donors (Lipinski definition) is 1. The highest BCUT2D eigenvalue weighted by molar-refractivity contribution is 6.60. The molecule has 0 aromatic heterocycles. The van der Waals surface area contributed by atoms with E-state index in [1.165, 1.54) is 0 Å². The molecule has 15 heavy (non-hydrogen) atoms. The Labute approximate surface area is 91.3 Å². The second-order valence-corrected chi connectivity index (χ2v) is 6.16. The summed E-state index contributed by atoms with van der Waals surface area (Å²) < 4.78 is 16.0. The molecule has 0 saturated carbocycles. The molecule has 84 valence electrons. The van der Waals surface area contributed by atoms with Crippen molar-refractivity contribution in [2.24, 2.45) is 0 Å². The molecule has 1 rings (SSSR count). The Hall–Kier alpha value is -0.883. The van der Waals surface area contributed by atoms with Gasteiger partial charge in [-0.3, -0.25) is 0 Å². The van der Waals surface area contributed by atoms with Gasteiger partial charge in [0.2, 0.25) is 0 Å². The Bertz CT molecular complexity index is 307. The van der Waals surface area contributed by atoms with Crippen molar-refractivity contribution in [2.75, 3.05) is 27.1 Å². The Balaban J connectivity index is 2.82. The first-order valence-corrected chi connectivity index (χ1v) is 6.59. The highest BCUT2D eigenvalue weighted by Crippen LogP contribution is 2.16. The van der Waals surface area contributed by atoms with Crippen LogP contribution in [-0.2, 0) is 19.3 Å². The van der Waals surface area contributed by atoms with Crippen molar-refractivity contribution in [1.82, 2.24) is 0 Å². The van der Waals surface area contributed by atoms with E-state index >= 15 is 0 Å². The first kappa shape index (κ1) is 12.2. The summed E-state index contributed by atoms with van der Waals surface area (Å²) in [5.74, 6) is 0. The van der Waals surface area contributed by atoms with E-state index in [0.717, 1.165) is 11.3 Å². The van der Waals surface area contributed by atoms with Gasteiger partial charge in [-0.05, 0) is 17.7 Å². The second-order valence-electron chi connectivity index (χ2n) is 3.22. The fourth-order valence-corrected chi connectivity index (χ4v) is 3.07. The lowest BCUT2D eigenvalue weighted by molar-refractivity contribution is 0.122.